The summed E-state index contributed by atoms with van der Waals surface area (Å²) in [5, 5.41) is 10.7. The first kappa shape index (κ1) is 21.2. The van der Waals surface area contributed by atoms with Crippen LogP contribution in [0.3, 0.4) is 0 Å². The molecule has 0 unspecified atom stereocenters. The van der Waals surface area contributed by atoms with Crippen molar-refractivity contribution < 1.29 is 23.1 Å². The Bertz CT molecular complexity index is 1370. The van der Waals surface area contributed by atoms with Crippen molar-refractivity contribution in [2.45, 2.75) is 31.4 Å². The topological polar surface area (TPSA) is 55.1 Å². The first-order valence-corrected chi connectivity index (χ1v) is 10.7. The Morgan fingerprint density at radius 3 is 2.48 bits per heavy atom. The highest BCUT2D eigenvalue weighted by Gasteiger charge is 2.30. The number of aryl methyl sites for hydroxylation is 1. The second-order valence-electron chi connectivity index (χ2n) is 8.60. The van der Waals surface area contributed by atoms with Crippen molar-refractivity contribution in [2.24, 2.45) is 7.05 Å². The minimum Gasteiger partial charge on any atom is -0.478 e. The zero-order valence-electron chi connectivity index (χ0n) is 17.9. The number of carboxylic acids is 1. The molecule has 0 atom stereocenters. The van der Waals surface area contributed by atoms with E-state index in [2.05, 4.69) is 4.98 Å². The van der Waals surface area contributed by atoms with Crippen molar-refractivity contribution >= 4 is 16.9 Å². The number of benzene rings is 2. The van der Waals surface area contributed by atoms with E-state index >= 15 is 0 Å². The zero-order chi connectivity index (χ0) is 23.3. The molecule has 0 radical (unpaired) electrons. The largest absolute Gasteiger partial charge is 0.478 e. The van der Waals surface area contributed by atoms with Crippen LogP contribution in [-0.4, -0.2) is 20.6 Å². The first-order chi connectivity index (χ1) is 15.7. The molecule has 1 fully saturated rings. The van der Waals surface area contributed by atoms with E-state index in [-0.39, 0.29) is 5.56 Å². The normalized spacial score (nSPS) is 14.1. The molecule has 0 bridgehead atoms. The number of carbonyl (C=O) groups is 1. The predicted molar refractivity (Wildman–Crippen MR) is 119 cm³/mol. The maximum atomic E-state index is 13.0. The molecule has 0 amide bonds. The van der Waals surface area contributed by atoms with Crippen molar-refractivity contribution in [1.82, 2.24) is 9.55 Å². The summed E-state index contributed by atoms with van der Waals surface area (Å²) in [6.45, 7) is 0. The van der Waals surface area contributed by atoms with Crippen LogP contribution in [0.4, 0.5) is 13.2 Å². The molecule has 1 N–H and O–H groups in total. The lowest BCUT2D eigenvalue weighted by atomic mass is 9.95. The quantitative estimate of drug-likeness (QED) is 0.381. The van der Waals surface area contributed by atoms with E-state index < -0.39 is 17.7 Å². The van der Waals surface area contributed by atoms with Crippen molar-refractivity contribution in [3.8, 4) is 11.1 Å². The number of hydrogen-bond acceptors (Lipinski definition) is 2. The molecule has 33 heavy (non-hydrogen) atoms. The van der Waals surface area contributed by atoms with Gasteiger partial charge in [0.25, 0.3) is 0 Å². The molecule has 2 aromatic carbocycles. The molecular formula is C26H21F3N2O2. The Morgan fingerprint density at radius 1 is 1.12 bits per heavy atom. The number of rotatable bonds is 5. The SMILES string of the molecule is Cn1ccc2cc(Cc3ncc(C4CC4)cc3C(=O)O)cc(-c3ccc(C(F)(F)F)cc3)c21. The lowest BCUT2D eigenvalue weighted by Gasteiger charge is -2.13. The number of carboxylic acid groups (broad SMARTS) is 1. The van der Waals surface area contributed by atoms with Gasteiger partial charge < -0.3 is 9.67 Å². The molecular weight excluding hydrogens is 429 g/mol. The van der Waals surface area contributed by atoms with Gasteiger partial charge in [0.1, 0.15) is 0 Å². The summed E-state index contributed by atoms with van der Waals surface area (Å²) >= 11 is 0. The summed E-state index contributed by atoms with van der Waals surface area (Å²) in [6.07, 6.45) is 1.68. The van der Waals surface area contributed by atoms with Gasteiger partial charge in [0.15, 0.2) is 0 Å². The molecule has 4 aromatic rings. The molecule has 0 aliphatic heterocycles. The van der Waals surface area contributed by atoms with Gasteiger partial charge in [-0.15, -0.1) is 0 Å². The monoisotopic (exact) mass is 450 g/mol. The van der Waals surface area contributed by atoms with Gasteiger partial charge >= 0.3 is 12.1 Å². The molecule has 0 spiro atoms. The highest BCUT2D eigenvalue weighted by atomic mass is 19.4. The summed E-state index contributed by atoms with van der Waals surface area (Å²) < 4.78 is 41.0. The number of fused-ring (bicyclic) bond motifs is 1. The molecule has 0 saturated heterocycles. The third-order valence-electron chi connectivity index (χ3n) is 6.19. The predicted octanol–water partition coefficient (Wildman–Crippen LogP) is 6.43. The molecule has 1 saturated carbocycles. The molecule has 5 rings (SSSR count). The molecule has 1 aliphatic carbocycles. The summed E-state index contributed by atoms with van der Waals surface area (Å²) in [5.41, 5.74) is 4.12. The second-order valence-corrected chi connectivity index (χ2v) is 8.60. The molecule has 168 valence electrons. The van der Waals surface area contributed by atoms with Crippen molar-refractivity contribution in [3.05, 3.63) is 88.9 Å². The minimum absolute atomic E-state index is 0.198. The van der Waals surface area contributed by atoms with Gasteiger partial charge in [-0.2, -0.15) is 13.2 Å². The number of nitrogens with zero attached hydrogens (tertiary/aromatic N) is 2. The van der Waals surface area contributed by atoms with Gasteiger partial charge in [0.05, 0.1) is 22.3 Å². The number of aromatic nitrogens is 2. The van der Waals surface area contributed by atoms with Crippen LogP contribution < -0.4 is 0 Å². The summed E-state index contributed by atoms with van der Waals surface area (Å²) in [7, 11) is 1.89. The van der Waals surface area contributed by atoms with Crippen molar-refractivity contribution in [3.63, 3.8) is 0 Å². The van der Waals surface area contributed by atoms with E-state index in [1.54, 1.807) is 12.3 Å². The number of halogens is 3. The van der Waals surface area contributed by atoms with Crippen LogP contribution in [-0.2, 0) is 19.6 Å². The fraction of sp³-hybridized carbons (Fsp3) is 0.231. The van der Waals surface area contributed by atoms with E-state index in [4.69, 9.17) is 0 Å². The van der Waals surface area contributed by atoms with E-state index in [9.17, 15) is 23.1 Å². The van der Waals surface area contributed by atoms with E-state index in [0.29, 0.717) is 23.6 Å². The van der Waals surface area contributed by atoms with Gasteiger partial charge in [-0.05, 0) is 71.8 Å². The van der Waals surface area contributed by atoms with E-state index in [1.165, 1.54) is 12.1 Å². The van der Waals surface area contributed by atoms with Crippen LogP contribution >= 0.6 is 0 Å². The lowest BCUT2D eigenvalue weighted by molar-refractivity contribution is -0.137. The number of hydrogen-bond donors (Lipinski definition) is 1. The smallest absolute Gasteiger partial charge is 0.416 e. The Balaban J connectivity index is 1.58. The highest BCUT2D eigenvalue weighted by molar-refractivity contribution is 5.95. The minimum atomic E-state index is -4.40. The number of aromatic carboxylic acids is 1. The molecule has 1 aliphatic rings. The molecule has 4 nitrogen and oxygen atoms in total. The van der Waals surface area contributed by atoms with Gasteiger partial charge in [-0.1, -0.05) is 12.1 Å². The van der Waals surface area contributed by atoms with Crippen LogP contribution in [0.15, 0.2) is 60.9 Å². The third kappa shape index (κ3) is 4.11. The number of pyridine rings is 1. The molecule has 2 aromatic heterocycles. The van der Waals surface area contributed by atoms with Crippen molar-refractivity contribution in [1.29, 1.82) is 0 Å². The van der Waals surface area contributed by atoms with Crippen LogP contribution in [0.1, 0.15) is 51.5 Å². The Kier molecular flexibility index (Phi) is 5.00. The zero-order valence-corrected chi connectivity index (χ0v) is 17.9. The Morgan fingerprint density at radius 2 is 1.85 bits per heavy atom. The van der Waals surface area contributed by atoms with Gasteiger partial charge in [0, 0.05) is 36.8 Å². The number of alkyl halides is 3. The van der Waals surface area contributed by atoms with E-state index in [0.717, 1.165) is 52.6 Å². The summed E-state index contributed by atoms with van der Waals surface area (Å²) in [5.74, 6) is -0.611. The average Bonchev–Trinajstić information content (AvgIpc) is 3.56. The lowest BCUT2D eigenvalue weighted by Crippen LogP contribution is -2.07. The fourth-order valence-electron chi connectivity index (χ4n) is 4.34. The van der Waals surface area contributed by atoms with E-state index in [1.807, 2.05) is 36.0 Å². The fourth-order valence-corrected chi connectivity index (χ4v) is 4.34. The standard InChI is InChI=1S/C26H21F3N2O2/c1-31-9-8-18-10-15(12-23-22(25(32)33)13-19(14-30-23)16-2-3-16)11-21(24(18)31)17-4-6-20(7-5-17)26(27,28)29/h4-11,13-14,16H,2-3,12H2,1H3,(H,32,33). The maximum Gasteiger partial charge on any atom is 0.416 e. The average molecular weight is 450 g/mol. The second kappa shape index (κ2) is 7.76. The van der Waals surface area contributed by atoms with Gasteiger partial charge in [0.2, 0.25) is 0 Å². The Labute approximate surface area is 188 Å². The molecule has 2 heterocycles. The van der Waals surface area contributed by atoms with Crippen LogP contribution in [0, 0.1) is 0 Å². The summed E-state index contributed by atoms with van der Waals surface area (Å²) in [6, 6.07) is 12.7. The van der Waals surface area contributed by atoms with Gasteiger partial charge in [-0.3, -0.25) is 4.98 Å². The molecule has 7 heteroatoms. The van der Waals surface area contributed by atoms with Gasteiger partial charge in [-0.25, -0.2) is 4.79 Å². The Hall–Kier alpha value is -3.61. The third-order valence-corrected chi connectivity index (χ3v) is 6.19. The summed E-state index contributed by atoms with van der Waals surface area (Å²) in [4.78, 5) is 16.4. The van der Waals surface area contributed by atoms with Crippen molar-refractivity contribution in [2.75, 3.05) is 0 Å². The van der Waals surface area contributed by atoms with Crippen LogP contribution in [0.25, 0.3) is 22.0 Å². The van der Waals surface area contributed by atoms with Crippen LogP contribution in [0.5, 0.6) is 0 Å². The highest BCUT2D eigenvalue weighted by Crippen LogP contribution is 2.40. The van der Waals surface area contributed by atoms with Crippen LogP contribution in [0.2, 0.25) is 0 Å². The maximum absolute atomic E-state index is 13.0. The first-order valence-electron chi connectivity index (χ1n) is 10.7.